The number of amides is 1. The fourth-order valence-corrected chi connectivity index (χ4v) is 3.31. The number of nitrogens with one attached hydrogen (secondary N) is 1. The second-order valence-electron chi connectivity index (χ2n) is 6.92. The highest BCUT2D eigenvalue weighted by Gasteiger charge is 2.20. The van der Waals surface area contributed by atoms with Gasteiger partial charge in [0.25, 0.3) is 0 Å². The van der Waals surface area contributed by atoms with Crippen LogP contribution in [0.5, 0.6) is 0 Å². The third kappa shape index (κ3) is 6.63. The zero-order valence-electron chi connectivity index (χ0n) is 14.2. The van der Waals surface area contributed by atoms with Gasteiger partial charge < -0.3 is 14.8 Å². The molecule has 1 aliphatic heterocycles. The Labute approximate surface area is 134 Å². The molecule has 1 aliphatic carbocycles. The number of hydrogen-bond acceptors (Lipinski definition) is 4. The minimum atomic E-state index is 0.0210. The van der Waals surface area contributed by atoms with Crippen LogP contribution in [-0.2, 0) is 14.3 Å². The number of morpholine rings is 1. The predicted molar refractivity (Wildman–Crippen MR) is 86.9 cm³/mol. The number of carbonyl (C=O) groups excluding carboxylic acids is 1. The molecule has 0 radical (unpaired) electrons. The van der Waals surface area contributed by atoms with E-state index in [0.717, 1.165) is 58.0 Å². The van der Waals surface area contributed by atoms with Crippen molar-refractivity contribution in [1.82, 2.24) is 10.2 Å². The first-order valence-electron chi connectivity index (χ1n) is 8.84. The zero-order valence-corrected chi connectivity index (χ0v) is 14.2. The summed E-state index contributed by atoms with van der Waals surface area (Å²) in [5, 5.41) is 3.05. The van der Waals surface area contributed by atoms with Gasteiger partial charge in [-0.1, -0.05) is 19.8 Å². The van der Waals surface area contributed by atoms with E-state index in [1.54, 1.807) is 0 Å². The van der Waals surface area contributed by atoms with Crippen molar-refractivity contribution in [3.05, 3.63) is 0 Å². The summed E-state index contributed by atoms with van der Waals surface area (Å²) in [6.07, 6.45) is 5.97. The molecule has 0 unspecified atom stereocenters. The third-order valence-electron chi connectivity index (χ3n) is 4.73. The Bertz CT molecular complexity index is 332. The van der Waals surface area contributed by atoms with Gasteiger partial charge in [-0.25, -0.2) is 0 Å². The van der Waals surface area contributed by atoms with Crippen LogP contribution in [-0.4, -0.2) is 62.4 Å². The summed E-state index contributed by atoms with van der Waals surface area (Å²) in [5.74, 6) is 0.752. The zero-order chi connectivity index (χ0) is 15.8. The Morgan fingerprint density at radius 1 is 1.36 bits per heavy atom. The third-order valence-corrected chi connectivity index (χ3v) is 4.73. The van der Waals surface area contributed by atoms with Crippen molar-refractivity contribution in [3.8, 4) is 0 Å². The molecule has 128 valence electrons. The van der Waals surface area contributed by atoms with E-state index < -0.39 is 0 Å². The van der Waals surface area contributed by atoms with Crippen molar-refractivity contribution in [2.75, 3.05) is 39.5 Å². The minimum Gasteiger partial charge on any atom is -0.379 e. The molecule has 0 bridgehead atoms. The fraction of sp³-hybridized carbons (Fsp3) is 0.941. The molecule has 0 aromatic carbocycles. The maximum absolute atomic E-state index is 12.0. The molecule has 1 saturated carbocycles. The minimum absolute atomic E-state index is 0.0210. The second-order valence-corrected chi connectivity index (χ2v) is 6.92. The molecule has 2 fully saturated rings. The van der Waals surface area contributed by atoms with Crippen molar-refractivity contribution in [1.29, 1.82) is 0 Å². The highest BCUT2D eigenvalue weighted by atomic mass is 16.5. The van der Waals surface area contributed by atoms with Crippen molar-refractivity contribution < 1.29 is 14.3 Å². The molecule has 1 N–H and O–H groups in total. The van der Waals surface area contributed by atoms with E-state index in [1.807, 2.05) is 0 Å². The van der Waals surface area contributed by atoms with Gasteiger partial charge in [0, 0.05) is 25.7 Å². The van der Waals surface area contributed by atoms with Gasteiger partial charge in [-0.15, -0.1) is 0 Å². The average molecular weight is 312 g/mol. The first-order valence-corrected chi connectivity index (χ1v) is 8.84. The van der Waals surface area contributed by atoms with Crippen LogP contribution in [0.2, 0.25) is 0 Å². The number of rotatable bonds is 7. The van der Waals surface area contributed by atoms with Gasteiger partial charge in [-0.2, -0.15) is 0 Å². The molecular weight excluding hydrogens is 280 g/mol. The number of carbonyl (C=O) groups is 1. The lowest BCUT2D eigenvalue weighted by Crippen LogP contribution is -2.41. The topological polar surface area (TPSA) is 50.8 Å². The Kier molecular flexibility index (Phi) is 7.63. The first kappa shape index (κ1) is 17.7. The Hall–Kier alpha value is -0.650. The van der Waals surface area contributed by atoms with Gasteiger partial charge >= 0.3 is 0 Å². The van der Waals surface area contributed by atoms with Crippen LogP contribution in [0, 0.1) is 5.92 Å². The monoisotopic (exact) mass is 312 g/mol. The van der Waals surface area contributed by atoms with Crippen LogP contribution in [0.25, 0.3) is 0 Å². The largest absolute Gasteiger partial charge is 0.379 e. The van der Waals surface area contributed by atoms with Gasteiger partial charge in [0.2, 0.25) is 5.91 Å². The Balaban J connectivity index is 1.55. The van der Waals surface area contributed by atoms with Crippen LogP contribution in [0.1, 0.15) is 46.0 Å². The molecule has 0 aromatic heterocycles. The number of nitrogens with zero attached hydrogens (tertiary/aromatic N) is 1. The van der Waals surface area contributed by atoms with Gasteiger partial charge in [-0.05, 0) is 32.1 Å². The summed E-state index contributed by atoms with van der Waals surface area (Å²) in [6, 6.07) is 0.198. The smallest absolute Gasteiger partial charge is 0.246 e. The molecule has 3 atom stereocenters. The molecule has 5 nitrogen and oxygen atoms in total. The van der Waals surface area contributed by atoms with Crippen molar-refractivity contribution in [2.45, 2.75) is 58.1 Å². The molecule has 0 aromatic rings. The lowest BCUT2D eigenvalue weighted by molar-refractivity contribution is -0.129. The second kappa shape index (κ2) is 9.48. The number of ether oxygens (including phenoxy) is 2. The Morgan fingerprint density at radius 3 is 2.86 bits per heavy atom. The molecule has 0 spiro atoms. The summed E-state index contributed by atoms with van der Waals surface area (Å²) in [4.78, 5) is 14.4. The predicted octanol–water partition coefficient (Wildman–Crippen LogP) is 1.81. The molecule has 1 saturated heterocycles. The maximum atomic E-state index is 12.0. The van der Waals surface area contributed by atoms with Crippen molar-refractivity contribution >= 4 is 5.91 Å². The van der Waals surface area contributed by atoms with E-state index in [4.69, 9.17) is 9.47 Å². The van der Waals surface area contributed by atoms with Crippen LogP contribution < -0.4 is 5.32 Å². The van der Waals surface area contributed by atoms with E-state index in [1.165, 1.54) is 12.8 Å². The van der Waals surface area contributed by atoms with Crippen molar-refractivity contribution in [3.63, 3.8) is 0 Å². The quantitative estimate of drug-likeness (QED) is 0.779. The average Bonchev–Trinajstić information content (AvgIpc) is 2.52. The maximum Gasteiger partial charge on any atom is 0.246 e. The van der Waals surface area contributed by atoms with Gasteiger partial charge in [0.05, 0.1) is 19.3 Å². The standard InChI is InChI=1S/C17H32N2O3/c1-14-4-3-5-16(12-14)22-13-17(20)18-15(2)6-7-19-8-10-21-11-9-19/h14-16H,3-13H2,1-2H3,(H,18,20)/t14-,15-,16-/m0/s1. The summed E-state index contributed by atoms with van der Waals surface area (Å²) in [6.45, 7) is 9.23. The highest BCUT2D eigenvalue weighted by molar-refractivity contribution is 5.77. The molecular formula is C17H32N2O3. The van der Waals surface area contributed by atoms with E-state index in [-0.39, 0.29) is 24.7 Å². The van der Waals surface area contributed by atoms with E-state index in [2.05, 4.69) is 24.1 Å². The van der Waals surface area contributed by atoms with Crippen molar-refractivity contribution in [2.24, 2.45) is 5.92 Å². The molecule has 2 rings (SSSR count). The normalized spacial score (nSPS) is 28.3. The van der Waals surface area contributed by atoms with Gasteiger partial charge in [0.15, 0.2) is 0 Å². The molecule has 5 heteroatoms. The van der Waals surface area contributed by atoms with Crippen LogP contribution in [0.4, 0.5) is 0 Å². The number of hydrogen-bond donors (Lipinski definition) is 1. The van der Waals surface area contributed by atoms with Gasteiger partial charge in [-0.3, -0.25) is 9.69 Å². The van der Waals surface area contributed by atoms with E-state index >= 15 is 0 Å². The SMILES string of the molecule is C[C@H]1CCC[C@H](OCC(=O)N[C@@H](C)CCN2CCOCC2)C1. The van der Waals surface area contributed by atoms with Crippen LogP contribution in [0.3, 0.4) is 0 Å². The van der Waals surface area contributed by atoms with Crippen LogP contribution in [0.15, 0.2) is 0 Å². The fourth-order valence-electron chi connectivity index (χ4n) is 3.31. The molecule has 1 heterocycles. The van der Waals surface area contributed by atoms with E-state index in [0.29, 0.717) is 0 Å². The lowest BCUT2D eigenvalue weighted by Gasteiger charge is -2.28. The summed E-state index contributed by atoms with van der Waals surface area (Å²) in [7, 11) is 0. The summed E-state index contributed by atoms with van der Waals surface area (Å²) in [5.41, 5.74) is 0. The lowest BCUT2D eigenvalue weighted by atomic mass is 9.89. The summed E-state index contributed by atoms with van der Waals surface area (Å²) >= 11 is 0. The van der Waals surface area contributed by atoms with Crippen LogP contribution >= 0.6 is 0 Å². The first-order chi connectivity index (χ1) is 10.6. The molecule has 22 heavy (non-hydrogen) atoms. The Morgan fingerprint density at radius 2 is 2.14 bits per heavy atom. The molecule has 1 amide bonds. The van der Waals surface area contributed by atoms with Gasteiger partial charge in [0.1, 0.15) is 6.61 Å². The molecule has 2 aliphatic rings. The van der Waals surface area contributed by atoms with E-state index in [9.17, 15) is 4.79 Å². The summed E-state index contributed by atoms with van der Waals surface area (Å²) < 4.78 is 11.1. The highest BCUT2D eigenvalue weighted by Crippen LogP contribution is 2.25.